The molecule has 0 aromatic carbocycles. The number of amides is 1. The number of rotatable bonds is 5. The van der Waals surface area contributed by atoms with Crippen LogP contribution in [0.25, 0.3) is 0 Å². The molecule has 86 valence electrons. The molecule has 0 unspecified atom stereocenters. The Balaban J connectivity index is 0. The van der Waals surface area contributed by atoms with Crippen molar-refractivity contribution in [3.05, 3.63) is 0 Å². The summed E-state index contributed by atoms with van der Waals surface area (Å²) in [4.78, 5) is 10.3. The van der Waals surface area contributed by atoms with Gasteiger partial charge in [0, 0.05) is 0 Å². The van der Waals surface area contributed by atoms with Crippen LogP contribution in [0, 0.1) is 0 Å². The SMILES string of the molecule is Cl.NC(=O)[C@H](O)[C@H](O)[C@@H](O)[C@H](O)CO. The van der Waals surface area contributed by atoms with Crippen LogP contribution in [0.15, 0.2) is 0 Å². The molecule has 0 saturated carbocycles. The van der Waals surface area contributed by atoms with E-state index in [4.69, 9.17) is 25.5 Å². The Morgan fingerprint density at radius 2 is 1.57 bits per heavy atom. The topological polar surface area (TPSA) is 144 Å². The maximum absolute atomic E-state index is 10.3. The molecule has 0 aliphatic rings. The Labute approximate surface area is 86.2 Å². The fourth-order valence-corrected chi connectivity index (χ4v) is 0.691. The minimum absolute atomic E-state index is 0. The zero-order valence-electron chi connectivity index (χ0n) is 7.15. The van der Waals surface area contributed by atoms with Gasteiger partial charge in [0.15, 0.2) is 6.10 Å². The Morgan fingerprint density at radius 1 is 1.14 bits per heavy atom. The Morgan fingerprint density at radius 3 is 1.86 bits per heavy atom. The van der Waals surface area contributed by atoms with E-state index >= 15 is 0 Å². The van der Waals surface area contributed by atoms with Gasteiger partial charge in [0.05, 0.1) is 6.61 Å². The van der Waals surface area contributed by atoms with Gasteiger partial charge in [0.1, 0.15) is 18.3 Å². The van der Waals surface area contributed by atoms with Crippen molar-refractivity contribution < 1.29 is 30.3 Å². The molecule has 0 rings (SSSR count). The Hall–Kier alpha value is -0.440. The highest BCUT2D eigenvalue weighted by Gasteiger charge is 2.32. The molecule has 1 amide bonds. The maximum Gasteiger partial charge on any atom is 0.249 e. The molecule has 4 atom stereocenters. The van der Waals surface area contributed by atoms with Gasteiger partial charge in [-0.05, 0) is 0 Å². The first kappa shape index (κ1) is 16.0. The lowest BCUT2D eigenvalue weighted by Gasteiger charge is -2.23. The lowest BCUT2D eigenvalue weighted by atomic mass is 10.0. The van der Waals surface area contributed by atoms with Crippen molar-refractivity contribution in [3.8, 4) is 0 Å². The molecule has 0 aromatic heterocycles. The number of aliphatic hydroxyl groups excluding tert-OH is 5. The highest BCUT2D eigenvalue weighted by Crippen LogP contribution is 2.04. The van der Waals surface area contributed by atoms with E-state index in [1.54, 1.807) is 0 Å². The molecule has 0 aliphatic carbocycles. The van der Waals surface area contributed by atoms with E-state index in [1.165, 1.54) is 0 Å². The van der Waals surface area contributed by atoms with E-state index in [9.17, 15) is 4.79 Å². The first-order valence-electron chi connectivity index (χ1n) is 3.54. The molecular formula is C6H14ClNO6. The smallest absolute Gasteiger partial charge is 0.249 e. The number of carbonyl (C=O) groups excluding carboxylic acids is 1. The lowest BCUT2D eigenvalue weighted by Crippen LogP contribution is -2.50. The van der Waals surface area contributed by atoms with Crippen LogP contribution in [0.2, 0.25) is 0 Å². The van der Waals surface area contributed by atoms with E-state index in [-0.39, 0.29) is 12.4 Å². The van der Waals surface area contributed by atoms with Crippen molar-refractivity contribution in [2.45, 2.75) is 24.4 Å². The molecule has 0 saturated heterocycles. The summed E-state index contributed by atoms with van der Waals surface area (Å²) in [6.45, 7) is -0.802. The van der Waals surface area contributed by atoms with Crippen LogP contribution in [0.1, 0.15) is 0 Å². The second-order valence-electron chi connectivity index (χ2n) is 2.58. The number of nitrogens with two attached hydrogens (primary N) is 1. The second kappa shape index (κ2) is 6.93. The summed E-state index contributed by atoms with van der Waals surface area (Å²) < 4.78 is 0. The zero-order chi connectivity index (χ0) is 10.6. The van der Waals surface area contributed by atoms with Crippen molar-refractivity contribution >= 4 is 18.3 Å². The standard InChI is InChI=1S/C6H13NO6.ClH/c7-6(13)5(12)4(11)3(10)2(9)1-8;/h2-5,8-12H,1H2,(H2,7,13);1H/t2-,3+,4-,5-;/m1./s1. The summed E-state index contributed by atoms with van der Waals surface area (Å²) in [6.07, 6.45) is -7.35. The number of hydrogen-bond acceptors (Lipinski definition) is 6. The molecule has 7 N–H and O–H groups in total. The normalized spacial score (nSPS) is 18.9. The quantitative estimate of drug-likeness (QED) is 0.288. The minimum Gasteiger partial charge on any atom is -0.394 e. The van der Waals surface area contributed by atoms with Crippen LogP contribution in [0.3, 0.4) is 0 Å². The average molecular weight is 232 g/mol. The predicted octanol–water partition coefficient (Wildman–Crippen LogP) is -3.67. The van der Waals surface area contributed by atoms with Gasteiger partial charge in [0.2, 0.25) is 5.91 Å². The number of hydrogen-bond donors (Lipinski definition) is 6. The summed E-state index contributed by atoms with van der Waals surface area (Å²) in [7, 11) is 0. The summed E-state index contributed by atoms with van der Waals surface area (Å²) >= 11 is 0. The van der Waals surface area contributed by atoms with Gasteiger partial charge in [-0.1, -0.05) is 0 Å². The lowest BCUT2D eigenvalue weighted by molar-refractivity contribution is -0.146. The van der Waals surface area contributed by atoms with Crippen molar-refractivity contribution in [3.63, 3.8) is 0 Å². The van der Waals surface area contributed by atoms with Gasteiger partial charge in [-0.2, -0.15) is 0 Å². The maximum atomic E-state index is 10.3. The summed E-state index contributed by atoms with van der Waals surface area (Å²) in [5, 5.41) is 44.0. The highest BCUT2D eigenvalue weighted by atomic mass is 35.5. The minimum atomic E-state index is -1.98. The second-order valence-corrected chi connectivity index (χ2v) is 2.58. The number of aliphatic hydroxyl groups is 5. The fourth-order valence-electron chi connectivity index (χ4n) is 0.691. The third-order valence-corrected chi connectivity index (χ3v) is 1.55. The first-order chi connectivity index (χ1) is 5.91. The summed E-state index contributed by atoms with van der Waals surface area (Å²) in [5.41, 5.74) is 4.61. The van der Waals surface area contributed by atoms with Crippen molar-refractivity contribution in [2.75, 3.05) is 6.61 Å². The van der Waals surface area contributed by atoms with Gasteiger partial charge in [-0.25, -0.2) is 0 Å². The van der Waals surface area contributed by atoms with E-state index in [2.05, 4.69) is 5.73 Å². The molecule has 0 radical (unpaired) electrons. The molecule has 0 aliphatic heterocycles. The number of halogens is 1. The van der Waals surface area contributed by atoms with Crippen molar-refractivity contribution in [2.24, 2.45) is 5.73 Å². The van der Waals surface area contributed by atoms with Gasteiger partial charge >= 0.3 is 0 Å². The highest BCUT2D eigenvalue weighted by molar-refractivity contribution is 5.85. The zero-order valence-corrected chi connectivity index (χ0v) is 7.96. The Bertz CT molecular complexity index is 180. The van der Waals surface area contributed by atoms with Gasteiger partial charge in [-0.3, -0.25) is 4.79 Å². The van der Waals surface area contributed by atoms with Crippen LogP contribution in [-0.2, 0) is 4.79 Å². The van der Waals surface area contributed by atoms with Crippen LogP contribution in [0.5, 0.6) is 0 Å². The van der Waals surface area contributed by atoms with Gasteiger partial charge in [0.25, 0.3) is 0 Å². The third-order valence-electron chi connectivity index (χ3n) is 1.55. The fraction of sp³-hybridized carbons (Fsp3) is 0.833. The van der Waals surface area contributed by atoms with Crippen molar-refractivity contribution in [1.82, 2.24) is 0 Å². The number of carbonyl (C=O) groups is 1. The molecular weight excluding hydrogens is 218 g/mol. The molecule has 14 heavy (non-hydrogen) atoms. The van der Waals surface area contributed by atoms with Crippen LogP contribution < -0.4 is 5.73 Å². The molecule has 7 nitrogen and oxygen atoms in total. The molecule has 0 fully saturated rings. The van der Waals surface area contributed by atoms with Crippen LogP contribution in [0.4, 0.5) is 0 Å². The molecule has 0 aromatic rings. The van der Waals surface area contributed by atoms with Gasteiger partial charge < -0.3 is 31.3 Å². The predicted molar refractivity (Wildman–Crippen MR) is 47.6 cm³/mol. The molecule has 8 heteroatoms. The van der Waals surface area contributed by atoms with Crippen LogP contribution in [-0.4, -0.2) is 62.5 Å². The van der Waals surface area contributed by atoms with Crippen LogP contribution >= 0.6 is 12.4 Å². The summed E-state index contributed by atoms with van der Waals surface area (Å²) in [6, 6.07) is 0. The van der Waals surface area contributed by atoms with E-state index in [1.807, 2.05) is 0 Å². The third kappa shape index (κ3) is 4.18. The van der Waals surface area contributed by atoms with E-state index in [0.717, 1.165) is 0 Å². The first-order valence-corrected chi connectivity index (χ1v) is 3.54. The monoisotopic (exact) mass is 231 g/mol. The largest absolute Gasteiger partial charge is 0.394 e. The van der Waals surface area contributed by atoms with Gasteiger partial charge in [-0.15, -0.1) is 12.4 Å². The molecule has 0 spiro atoms. The molecule has 0 bridgehead atoms. The molecule has 0 heterocycles. The Kier molecular flexibility index (Phi) is 7.93. The van der Waals surface area contributed by atoms with E-state index in [0.29, 0.717) is 0 Å². The number of primary amides is 1. The van der Waals surface area contributed by atoms with Crippen molar-refractivity contribution in [1.29, 1.82) is 0 Å². The summed E-state index contributed by atoms with van der Waals surface area (Å²) in [5.74, 6) is -1.23. The van der Waals surface area contributed by atoms with E-state index < -0.39 is 36.9 Å². The average Bonchev–Trinajstić information content (AvgIpc) is 2.12.